The number of aliphatic carboxylic acids is 2. The Morgan fingerprint density at radius 3 is 2.48 bits per heavy atom. The Labute approximate surface area is 188 Å². The highest BCUT2D eigenvalue weighted by atomic mass is 32.2. The molecule has 3 aliphatic heterocycles. The number of pyridine rings is 1. The van der Waals surface area contributed by atoms with Crippen LogP contribution in [0.25, 0.3) is 0 Å². The molecule has 1 aromatic heterocycles. The summed E-state index contributed by atoms with van der Waals surface area (Å²) in [5.74, 6) is -4.11. The first-order valence-electron chi connectivity index (χ1n) is 9.32. The monoisotopic (exact) mass is 486 g/mol. The van der Waals surface area contributed by atoms with Crippen molar-refractivity contribution in [1.82, 2.24) is 9.88 Å². The van der Waals surface area contributed by atoms with Gasteiger partial charge in [0.05, 0.1) is 11.9 Å². The van der Waals surface area contributed by atoms with Gasteiger partial charge in [0, 0.05) is 24.1 Å². The Morgan fingerprint density at radius 1 is 1.27 bits per heavy atom. The van der Waals surface area contributed by atoms with E-state index >= 15 is 0 Å². The van der Waals surface area contributed by atoms with Crippen LogP contribution in [-0.4, -0.2) is 73.7 Å². The van der Waals surface area contributed by atoms with Crippen LogP contribution in [-0.2, 0) is 19.2 Å². The number of halogens is 3. The van der Waals surface area contributed by atoms with Gasteiger partial charge in [0.25, 0.3) is 5.91 Å². The first kappa shape index (κ1) is 24.3. The maximum absolute atomic E-state index is 12.7. The van der Waals surface area contributed by atoms with E-state index < -0.39 is 30.1 Å². The summed E-state index contributed by atoms with van der Waals surface area (Å²) in [5.41, 5.74) is 7.37. The molecule has 2 atom stereocenters. The Kier molecular flexibility index (Phi) is 6.78. The molecule has 2 fully saturated rings. The zero-order valence-corrected chi connectivity index (χ0v) is 17.5. The summed E-state index contributed by atoms with van der Waals surface area (Å²) < 4.78 is 31.7. The average molecular weight is 486 g/mol. The number of thioether (sulfide) groups is 1. The lowest BCUT2D eigenvalue weighted by Gasteiger charge is -2.47. The molecule has 1 aromatic rings. The van der Waals surface area contributed by atoms with Gasteiger partial charge in [-0.15, -0.1) is 11.8 Å². The third-order valence-electron chi connectivity index (χ3n) is 4.91. The molecule has 4 rings (SSSR count). The predicted octanol–water partition coefficient (Wildman–Crippen LogP) is 0.959. The van der Waals surface area contributed by atoms with Crippen molar-refractivity contribution >= 4 is 41.2 Å². The summed E-state index contributed by atoms with van der Waals surface area (Å²) in [6.45, 7) is 0.509. The zero-order valence-electron chi connectivity index (χ0n) is 16.7. The largest absolute Gasteiger partial charge is 0.490 e. The molecular formula is C19H17F3N4O6S. The molecule has 0 saturated carbocycles. The van der Waals surface area contributed by atoms with Crippen molar-refractivity contribution in [2.24, 2.45) is 5.73 Å². The first-order chi connectivity index (χ1) is 15.4. The van der Waals surface area contributed by atoms with Gasteiger partial charge in [0.15, 0.2) is 0 Å². The van der Waals surface area contributed by atoms with E-state index in [4.69, 9.17) is 15.6 Å². The van der Waals surface area contributed by atoms with E-state index in [-0.39, 0.29) is 17.0 Å². The Bertz CT molecular complexity index is 1060. The second kappa shape index (κ2) is 9.23. The number of alkyl halides is 3. The van der Waals surface area contributed by atoms with Gasteiger partial charge >= 0.3 is 18.1 Å². The number of allylic oxidation sites excluding steroid dienone is 1. The van der Waals surface area contributed by atoms with Crippen LogP contribution in [0.15, 0.2) is 47.4 Å². The maximum atomic E-state index is 12.7. The van der Waals surface area contributed by atoms with E-state index in [1.54, 1.807) is 35.5 Å². The number of rotatable bonds is 3. The van der Waals surface area contributed by atoms with Crippen LogP contribution < -0.4 is 10.6 Å². The van der Waals surface area contributed by atoms with Gasteiger partial charge in [0.1, 0.15) is 17.1 Å². The summed E-state index contributed by atoms with van der Waals surface area (Å²) in [4.78, 5) is 52.1. The lowest BCUT2D eigenvalue weighted by Crippen LogP contribution is -2.68. The van der Waals surface area contributed by atoms with Crippen LogP contribution in [0.4, 0.5) is 18.9 Å². The van der Waals surface area contributed by atoms with E-state index in [2.05, 4.69) is 4.98 Å². The number of carboxylic acid groups (broad SMARTS) is 2. The number of carbonyl (C=O) groups is 4. The van der Waals surface area contributed by atoms with Crippen molar-refractivity contribution in [3.8, 4) is 0 Å². The quantitative estimate of drug-likeness (QED) is 0.419. The molecule has 2 saturated heterocycles. The number of aromatic nitrogens is 1. The fraction of sp³-hybridized carbons (Fsp3) is 0.316. The Morgan fingerprint density at radius 2 is 1.94 bits per heavy atom. The SMILES string of the molecule is N[C@@H]1C(=O)N2C(C(=O)O)=C(C=C3CCN(c4cccnc4)C3=O)CS[C@H]12.O=C(O)C(F)(F)F. The number of β-lactam (4-membered cyclic amide) rings is 1. The molecule has 0 bridgehead atoms. The van der Waals surface area contributed by atoms with Crippen LogP contribution in [0.1, 0.15) is 6.42 Å². The van der Waals surface area contributed by atoms with Crippen molar-refractivity contribution < 1.29 is 42.6 Å². The molecular weight excluding hydrogens is 469 g/mol. The second-order valence-electron chi connectivity index (χ2n) is 7.01. The normalized spacial score (nSPS) is 23.7. The topological polar surface area (TPSA) is 154 Å². The van der Waals surface area contributed by atoms with Gasteiger partial charge in [0.2, 0.25) is 5.91 Å². The molecule has 0 spiro atoms. The van der Waals surface area contributed by atoms with Crippen molar-refractivity contribution in [3.63, 3.8) is 0 Å². The number of nitrogens with two attached hydrogens (primary N) is 1. The Balaban J connectivity index is 0.000000383. The van der Waals surface area contributed by atoms with Crippen LogP contribution in [0.2, 0.25) is 0 Å². The summed E-state index contributed by atoms with van der Waals surface area (Å²) in [6, 6.07) is 2.89. The van der Waals surface area contributed by atoms with E-state index in [9.17, 15) is 32.7 Å². The third kappa shape index (κ3) is 4.85. The number of amides is 2. The van der Waals surface area contributed by atoms with Gasteiger partial charge in [-0.3, -0.25) is 19.5 Å². The number of fused-ring (bicyclic) bond motifs is 1. The molecule has 176 valence electrons. The molecule has 4 N–H and O–H groups in total. The van der Waals surface area contributed by atoms with E-state index in [0.717, 1.165) is 0 Å². The van der Waals surface area contributed by atoms with Gasteiger partial charge in [-0.25, -0.2) is 9.59 Å². The molecule has 4 heterocycles. The van der Waals surface area contributed by atoms with E-state index in [1.807, 2.05) is 0 Å². The molecule has 33 heavy (non-hydrogen) atoms. The van der Waals surface area contributed by atoms with Gasteiger partial charge in [-0.05, 0) is 30.2 Å². The molecule has 3 aliphatic rings. The number of anilines is 1. The Hall–Kier alpha value is -3.39. The minimum absolute atomic E-state index is 0.0689. The standard InChI is InChI=1S/C17H16N4O4S.C2HF3O2/c18-12-15(23)21-13(17(24)25)10(8-26-16(12)21)6-9-3-5-20(14(9)22)11-2-1-4-19-7-11;3-2(4,5)1(6)7/h1-2,4,6-7,12,16H,3,5,8,18H2,(H,24,25);(H,6,7)/t12-,16-;/m1./s1. The highest BCUT2D eigenvalue weighted by Gasteiger charge is 2.51. The number of hydrogen-bond donors (Lipinski definition) is 3. The molecule has 0 radical (unpaired) electrons. The predicted molar refractivity (Wildman–Crippen MR) is 109 cm³/mol. The first-order valence-corrected chi connectivity index (χ1v) is 10.4. The van der Waals surface area contributed by atoms with Crippen molar-refractivity contribution in [2.45, 2.75) is 24.0 Å². The second-order valence-corrected chi connectivity index (χ2v) is 8.11. The van der Waals surface area contributed by atoms with Gasteiger partial charge in [-0.1, -0.05) is 0 Å². The average Bonchev–Trinajstić information content (AvgIpc) is 3.13. The molecule has 2 amide bonds. The molecule has 14 heteroatoms. The number of carbonyl (C=O) groups excluding carboxylic acids is 2. The lowest BCUT2D eigenvalue weighted by molar-refractivity contribution is -0.192. The zero-order chi connectivity index (χ0) is 24.5. The summed E-state index contributed by atoms with van der Waals surface area (Å²) >= 11 is 1.42. The van der Waals surface area contributed by atoms with Crippen molar-refractivity contribution in [2.75, 3.05) is 17.2 Å². The number of nitrogens with zero attached hydrogens (tertiary/aromatic N) is 3. The van der Waals surface area contributed by atoms with Gasteiger partial charge in [-0.2, -0.15) is 13.2 Å². The number of hydrogen-bond acceptors (Lipinski definition) is 7. The lowest BCUT2D eigenvalue weighted by atomic mass is 10.0. The van der Waals surface area contributed by atoms with E-state index in [0.29, 0.717) is 35.6 Å². The third-order valence-corrected chi connectivity index (χ3v) is 6.24. The number of carboxylic acids is 2. The minimum Gasteiger partial charge on any atom is -0.477 e. The van der Waals surface area contributed by atoms with Gasteiger partial charge < -0.3 is 20.8 Å². The van der Waals surface area contributed by atoms with Crippen LogP contribution >= 0.6 is 11.8 Å². The maximum Gasteiger partial charge on any atom is 0.490 e. The molecule has 0 unspecified atom stereocenters. The summed E-state index contributed by atoms with van der Waals surface area (Å²) in [5, 5.41) is 16.3. The fourth-order valence-corrected chi connectivity index (χ4v) is 4.62. The van der Waals surface area contributed by atoms with E-state index in [1.165, 1.54) is 16.7 Å². The van der Waals surface area contributed by atoms with Crippen LogP contribution in [0.5, 0.6) is 0 Å². The molecule has 10 nitrogen and oxygen atoms in total. The van der Waals surface area contributed by atoms with Crippen LogP contribution in [0.3, 0.4) is 0 Å². The smallest absolute Gasteiger partial charge is 0.477 e. The molecule has 0 aliphatic carbocycles. The molecule has 0 aromatic carbocycles. The van der Waals surface area contributed by atoms with Crippen molar-refractivity contribution in [3.05, 3.63) is 47.4 Å². The van der Waals surface area contributed by atoms with Crippen LogP contribution in [0, 0.1) is 0 Å². The van der Waals surface area contributed by atoms with Crippen molar-refractivity contribution in [1.29, 1.82) is 0 Å². The fourth-order valence-electron chi connectivity index (χ4n) is 3.37. The highest BCUT2D eigenvalue weighted by Crippen LogP contribution is 2.40. The highest BCUT2D eigenvalue weighted by molar-refractivity contribution is 8.00. The minimum atomic E-state index is -5.08. The summed E-state index contributed by atoms with van der Waals surface area (Å²) in [6.07, 6.45) is 0.285. The summed E-state index contributed by atoms with van der Waals surface area (Å²) in [7, 11) is 0.